The van der Waals surface area contributed by atoms with E-state index in [2.05, 4.69) is 73.1 Å². The summed E-state index contributed by atoms with van der Waals surface area (Å²) < 4.78 is 58.7. The van der Waals surface area contributed by atoms with Crippen LogP contribution in [-0.2, 0) is 23.7 Å². The number of carbonyl (C=O) groups excluding carboxylic acids is 1. The average molecular weight is 1560 g/mol. The first-order valence-corrected chi connectivity index (χ1v) is 42.9. The van der Waals surface area contributed by atoms with Gasteiger partial charge in [0.05, 0.1) is 42.7 Å². The predicted octanol–water partition coefficient (Wildman–Crippen LogP) is 18.7. The molecule has 0 bridgehead atoms. The molecular weight excluding hydrogens is 1380 g/mol. The van der Waals surface area contributed by atoms with Crippen molar-refractivity contribution in [1.82, 2.24) is 0 Å². The molecule has 10 fully saturated rings. The molecule has 1 aliphatic heterocycles. The van der Waals surface area contributed by atoms with Crippen molar-refractivity contribution >= 4 is 37.9 Å². The van der Waals surface area contributed by atoms with Crippen LogP contribution in [0.1, 0.15) is 315 Å². The molecule has 103 heavy (non-hydrogen) atoms. The summed E-state index contributed by atoms with van der Waals surface area (Å²) in [5.74, 6) is 11.4. The van der Waals surface area contributed by atoms with Crippen molar-refractivity contribution in [2.75, 3.05) is 74.3 Å². The van der Waals surface area contributed by atoms with Gasteiger partial charge in [-0.05, 0) is 345 Å². The zero-order valence-corrected chi connectivity index (χ0v) is 72.0. The fraction of sp³-hybridized carbons (Fsp3) is 0.911. The second-order valence-electron chi connectivity index (χ2n) is 37.3. The molecule has 10 nitrogen and oxygen atoms in total. The minimum absolute atomic E-state index is 0. The van der Waals surface area contributed by atoms with Crippen LogP contribution in [0.25, 0.3) is 0 Å². The van der Waals surface area contributed by atoms with Gasteiger partial charge in [0.15, 0.2) is 0 Å². The molecule has 0 aromatic carbocycles. The van der Waals surface area contributed by atoms with Gasteiger partial charge < -0.3 is 73.7 Å². The van der Waals surface area contributed by atoms with Gasteiger partial charge in [0.2, 0.25) is 0 Å². The number of allylic oxidation sites excluding steroid dienone is 3. The van der Waals surface area contributed by atoms with E-state index in [0.29, 0.717) is 53.9 Å². The first-order valence-electron chi connectivity index (χ1n) is 44.6. The summed E-state index contributed by atoms with van der Waals surface area (Å²) in [6, 6.07) is 0. The molecule has 12 aliphatic carbocycles. The molecule has 1 heterocycles. The number of aldehydes is 1. The van der Waals surface area contributed by atoms with Crippen LogP contribution < -0.4 is 17.0 Å². The topological polar surface area (TPSA) is 155 Å². The number of halogens is 1. The summed E-state index contributed by atoms with van der Waals surface area (Å²) in [5, 5.41) is 51.3. The largest absolute Gasteiger partial charge is 2.00 e. The van der Waals surface area contributed by atoms with Crippen molar-refractivity contribution in [3.63, 3.8) is 0 Å². The van der Waals surface area contributed by atoms with Gasteiger partial charge >= 0.3 is 23.1 Å². The van der Waals surface area contributed by atoms with E-state index in [1.165, 1.54) is 132 Å². The molecule has 9 saturated carbocycles. The molecule has 0 radical (unpaired) electrons. The van der Waals surface area contributed by atoms with Crippen LogP contribution in [-0.4, -0.2) is 152 Å². The SMILES string of the molecule is C.C.C1CCOC1.COC[C@]12CC[C@](C)(O)CC1=CC[C@@H]1[C@@H]2CC[C@]2(C)[C@@H]([C@H](C)CCC(C)O)CC[C@@H]12.COC[C@]12CC[C@](C)(O)CC1=CC[C@@H]1[C@@H]2CC[C@]2(C)[C@@H]([C@H](C)CCC=O)CC[C@@H]12.COC[C@]12CC[C@](C)(O)CC1=CC[C@@H]1[C@@H]2CC[C@]2(C)[C@@H]([C@H](C)CCCO)CC[C@@H]12.CPC.[2HH].[2H]CC.[2H][2H].[2H][2H].[2H][2H].[Br-].[CH3-].[Mg+2]. The Morgan fingerprint density at radius 3 is 1.14 bits per heavy atom. The third-order valence-corrected chi connectivity index (χ3v) is 31.2. The van der Waals surface area contributed by atoms with E-state index < -0.39 is 16.8 Å². The smallest absolute Gasteiger partial charge is 1.00 e. The van der Waals surface area contributed by atoms with Crippen LogP contribution >= 0.6 is 8.58 Å². The summed E-state index contributed by atoms with van der Waals surface area (Å²) in [5.41, 5.74) is 4.72. The van der Waals surface area contributed by atoms with Gasteiger partial charge in [0, 0.05) is 75.5 Å². The number of rotatable bonds is 18. The number of aliphatic hydroxyl groups is 5. The van der Waals surface area contributed by atoms with Crippen LogP contribution in [0.15, 0.2) is 34.9 Å². The molecule has 1 saturated heterocycles. The number of hydrogen-bond acceptors (Lipinski definition) is 10. The third kappa shape index (κ3) is 20.8. The van der Waals surface area contributed by atoms with Crippen LogP contribution in [0.5, 0.6) is 0 Å². The van der Waals surface area contributed by atoms with E-state index in [1.54, 1.807) is 6.92 Å². The molecule has 13 heteroatoms. The zero-order chi connectivity index (χ0) is 78.4. The first-order chi connectivity index (χ1) is 50.0. The molecule has 0 spiro atoms. The maximum Gasteiger partial charge on any atom is 2.00 e. The molecule has 1 unspecified atom stereocenters. The molecule has 5 N–H and O–H groups in total. The predicted molar refractivity (Wildman–Crippen MR) is 442 cm³/mol. The first kappa shape index (κ1) is 90.4. The van der Waals surface area contributed by atoms with Gasteiger partial charge in [-0.15, -0.1) is 8.58 Å². The summed E-state index contributed by atoms with van der Waals surface area (Å²) in [4.78, 5) is 10.9. The fourth-order valence-corrected chi connectivity index (χ4v) is 26.7. The Hall–Kier alpha value is 0.206. The Morgan fingerprint density at radius 1 is 0.553 bits per heavy atom. The van der Waals surface area contributed by atoms with E-state index in [-0.39, 0.29) is 86.1 Å². The number of carbonyl (C=O) groups is 1. The van der Waals surface area contributed by atoms with Gasteiger partial charge in [-0.2, -0.15) is 0 Å². The molecule has 13 rings (SSSR count). The molecule has 0 aromatic rings. The van der Waals surface area contributed by atoms with Crippen molar-refractivity contribution in [3.8, 4) is 0 Å². The second kappa shape index (κ2) is 41.8. The Bertz CT molecular complexity index is 2640. The van der Waals surface area contributed by atoms with Crippen LogP contribution in [0.2, 0.25) is 0 Å². The Labute approximate surface area is 676 Å². The van der Waals surface area contributed by atoms with E-state index >= 15 is 0 Å². The monoisotopic (exact) mass is 1560 g/mol. The number of ether oxygens (including phenoxy) is 4. The van der Waals surface area contributed by atoms with Crippen molar-refractivity contribution in [3.05, 3.63) is 42.4 Å². The van der Waals surface area contributed by atoms with Crippen LogP contribution in [0, 0.1) is 129 Å². The van der Waals surface area contributed by atoms with Gasteiger partial charge in [-0.3, -0.25) is 0 Å². The maximum atomic E-state index is 10.9. The van der Waals surface area contributed by atoms with Crippen LogP contribution in [0.3, 0.4) is 0 Å². The number of aliphatic hydroxyl groups excluding tert-OH is 2. The average Bonchev–Trinajstić information content (AvgIpc) is 1.71. The summed E-state index contributed by atoms with van der Waals surface area (Å²) in [6.07, 6.45) is 45.3. The zero-order valence-electron chi connectivity index (χ0n) is 75.0. The Morgan fingerprint density at radius 2 is 0.864 bits per heavy atom. The normalized spacial score (nSPS) is 42.5. The summed E-state index contributed by atoms with van der Waals surface area (Å²) in [6.45, 7) is 34.5. The molecule has 13 aliphatic rings. The Balaban J connectivity index is 0. The second-order valence-corrected chi connectivity index (χ2v) is 38.3. The van der Waals surface area contributed by atoms with Gasteiger partial charge in [-0.1, -0.05) is 105 Å². The van der Waals surface area contributed by atoms with E-state index in [1.807, 2.05) is 49.0 Å². The van der Waals surface area contributed by atoms with E-state index in [0.717, 1.165) is 202 Å². The molecule has 0 amide bonds. The number of methoxy groups -OCH3 is 3. The van der Waals surface area contributed by atoms with Crippen molar-refractivity contribution < 1.29 is 78.0 Å². The molecule has 25 atom stereocenters. The van der Waals surface area contributed by atoms with E-state index in [4.69, 9.17) is 29.2 Å². The third-order valence-electron chi connectivity index (χ3n) is 31.2. The molecular formula is C90H172BrMgO10P. The Kier molecular flexibility index (Phi) is 36.7. The van der Waals surface area contributed by atoms with Crippen molar-refractivity contribution in [2.24, 2.45) is 121 Å². The number of fused-ring (bicyclic) bond motifs is 15. The quantitative estimate of drug-likeness (QED) is 0.0294. The van der Waals surface area contributed by atoms with E-state index in [9.17, 15) is 30.3 Å². The fourth-order valence-electron chi connectivity index (χ4n) is 26.7. The maximum absolute atomic E-state index is 10.9. The standard InChI is InChI=1S/C27H46O3.C26H44O3.C26H42O3.C4H8O.C2H7P.C2H6.2CH4.CH3.BrH.Mg.4H2/c1-18(6-7-19(2)28)22-10-11-23-21-9-8-20-16-25(3,29)14-15-27(20,17-30-5)24(21)12-13-26(22,23)4;2*1-18(6-5-15-27)21-9-10-22-20-8-7-19-16-24(2,28)13-14-26(19,17-29-4)23(20)11-12-25(21,22)3;1-2-4-5-3-1;1-3-2;1-2;;;;;;;;;/h8,18-19,21-24,28-29H,6-7,9-17H2,1-5H3;7,18,20-23,27-28H,5-6,8-17H2,1-4H3;7,15,18,20-23,28H,5-6,8-14,16-17H2,1-4H3;1-4H2;3H,1-2H3;1-2H3;2*1H4;1H3;1H;;4*1H/q;;;;;;;;-1;;+2;;;;/p-1/t18-,19?,21+,22-,23+,24+,25+,26-,27-;2*18-,20+,21-,22+,23+,24+,25-,26-;;;;;;;;;;;;/m111............/s1/i;;;;;1D;;;;;;3*1+1D;1+1. The van der Waals surface area contributed by atoms with Gasteiger partial charge in [0.1, 0.15) is 6.29 Å². The van der Waals surface area contributed by atoms with Crippen molar-refractivity contribution in [1.29, 1.82) is 0 Å². The summed E-state index contributed by atoms with van der Waals surface area (Å²) in [7, 11) is 6.67. The van der Waals surface area contributed by atoms with Crippen LogP contribution in [0.4, 0.5) is 0 Å². The summed E-state index contributed by atoms with van der Waals surface area (Å²) >= 11 is 0. The number of hydrogen-bond donors (Lipinski definition) is 5. The minimum Gasteiger partial charge on any atom is -1.00 e. The van der Waals surface area contributed by atoms with Gasteiger partial charge in [0.25, 0.3) is 0 Å². The van der Waals surface area contributed by atoms with Crippen molar-refractivity contribution in [2.45, 2.75) is 326 Å². The van der Waals surface area contributed by atoms with Gasteiger partial charge in [-0.25, -0.2) is 0 Å². The molecule has 606 valence electrons. The minimum atomic E-state index is -0.550. The molecule has 0 aromatic heterocycles.